The van der Waals surface area contributed by atoms with E-state index in [0.29, 0.717) is 5.78 Å². The third-order valence-corrected chi connectivity index (χ3v) is 3.62. The Morgan fingerprint density at radius 1 is 1.41 bits per heavy atom. The zero-order chi connectivity index (χ0) is 11.9. The van der Waals surface area contributed by atoms with Crippen molar-refractivity contribution in [3.63, 3.8) is 0 Å². The fourth-order valence-corrected chi connectivity index (χ4v) is 2.53. The molecule has 5 heteroatoms. The van der Waals surface area contributed by atoms with E-state index in [-0.39, 0.29) is 5.54 Å². The lowest BCUT2D eigenvalue weighted by Crippen LogP contribution is -2.33. The molecule has 0 aromatic carbocycles. The number of fused-ring (bicyclic) bond motifs is 1. The van der Waals surface area contributed by atoms with Crippen LogP contribution in [0.2, 0.25) is 0 Å². The van der Waals surface area contributed by atoms with Gasteiger partial charge in [-0.1, -0.05) is 19.8 Å². The molecule has 5 nitrogen and oxygen atoms in total. The molecule has 2 aromatic heterocycles. The van der Waals surface area contributed by atoms with Crippen LogP contribution in [0.4, 0.5) is 0 Å². The van der Waals surface area contributed by atoms with Crippen molar-refractivity contribution in [3.05, 3.63) is 23.8 Å². The van der Waals surface area contributed by atoms with Crippen LogP contribution in [0, 0.1) is 0 Å². The molecule has 90 valence electrons. The Labute approximate surface area is 100 Å². The molecule has 0 aliphatic heterocycles. The van der Waals surface area contributed by atoms with Crippen LogP contribution in [0.5, 0.6) is 0 Å². The first-order valence-electron chi connectivity index (χ1n) is 6.22. The molecule has 1 aliphatic rings. The summed E-state index contributed by atoms with van der Waals surface area (Å²) >= 11 is 0. The molecule has 2 aromatic rings. The first-order valence-corrected chi connectivity index (χ1v) is 6.22. The lowest BCUT2D eigenvalue weighted by molar-refractivity contribution is 0.457. The molecule has 2 N–H and O–H groups in total. The van der Waals surface area contributed by atoms with Gasteiger partial charge in [-0.15, -0.1) is 5.10 Å². The number of nitrogens with two attached hydrogens (primary N) is 1. The van der Waals surface area contributed by atoms with E-state index in [1.807, 2.05) is 19.3 Å². The van der Waals surface area contributed by atoms with Crippen molar-refractivity contribution in [2.24, 2.45) is 5.73 Å². The molecule has 0 unspecified atom stereocenters. The van der Waals surface area contributed by atoms with E-state index in [0.717, 1.165) is 30.7 Å². The van der Waals surface area contributed by atoms with E-state index >= 15 is 0 Å². The maximum absolute atomic E-state index is 6.41. The van der Waals surface area contributed by atoms with E-state index in [9.17, 15) is 0 Å². The van der Waals surface area contributed by atoms with Gasteiger partial charge in [-0.2, -0.15) is 4.98 Å². The van der Waals surface area contributed by atoms with Gasteiger partial charge in [0.2, 0.25) is 0 Å². The second kappa shape index (κ2) is 3.77. The highest BCUT2D eigenvalue weighted by molar-refractivity contribution is 5.30. The summed E-state index contributed by atoms with van der Waals surface area (Å²) in [6.07, 6.45) is 9.14. The normalized spacial score (nSPS) is 18.9. The lowest BCUT2D eigenvalue weighted by Gasteiger charge is -2.23. The number of rotatable bonds is 2. The monoisotopic (exact) mass is 231 g/mol. The number of aromatic nitrogens is 4. The van der Waals surface area contributed by atoms with E-state index in [2.05, 4.69) is 15.1 Å². The summed E-state index contributed by atoms with van der Waals surface area (Å²) in [5.74, 6) is 1.49. The van der Waals surface area contributed by atoms with E-state index in [4.69, 9.17) is 5.73 Å². The standard InChI is InChI=1S/C12H17N5/c1-2-10-15-11-14-7-9(8-17(11)16-10)12(13)5-3-4-6-12/h7-8H,2-6,13H2,1H3. The summed E-state index contributed by atoms with van der Waals surface area (Å²) in [4.78, 5) is 8.67. The van der Waals surface area contributed by atoms with Gasteiger partial charge in [0.25, 0.3) is 5.78 Å². The minimum atomic E-state index is -0.209. The minimum Gasteiger partial charge on any atom is -0.321 e. The summed E-state index contributed by atoms with van der Waals surface area (Å²) in [5, 5.41) is 4.38. The maximum atomic E-state index is 6.41. The third kappa shape index (κ3) is 1.70. The topological polar surface area (TPSA) is 69.1 Å². The van der Waals surface area contributed by atoms with Crippen LogP contribution in [0.3, 0.4) is 0 Å². The first-order chi connectivity index (χ1) is 8.21. The van der Waals surface area contributed by atoms with Crippen LogP contribution in [-0.2, 0) is 12.0 Å². The molecule has 1 aliphatic carbocycles. The molecule has 2 heterocycles. The molecule has 1 saturated carbocycles. The molecular weight excluding hydrogens is 214 g/mol. The number of aryl methyl sites for hydroxylation is 1. The summed E-state index contributed by atoms with van der Waals surface area (Å²) < 4.78 is 1.75. The smallest absolute Gasteiger partial charge is 0.252 e. The summed E-state index contributed by atoms with van der Waals surface area (Å²) in [6, 6.07) is 0. The molecule has 0 amide bonds. The summed E-state index contributed by atoms with van der Waals surface area (Å²) in [6.45, 7) is 2.04. The van der Waals surface area contributed by atoms with Gasteiger partial charge in [-0.3, -0.25) is 0 Å². The van der Waals surface area contributed by atoms with Crippen LogP contribution >= 0.6 is 0 Å². The van der Waals surface area contributed by atoms with Crippen molar-refractivity contribution in [2.75, 3.05) is 0 Å². The summed E-state index contributed by atoms with van der Waals surface area (Å²) in [5.41, 5.74) is 7.28. The fraction of sp³-hybridized carbons (Fsp3) is 0.583. The van der Waals surface area contributed by atoms with E-state index < -0.39 is 0 Å². The van der Waals surface area contributed by atoms with Gasteiger partial charge in [0.05, 0.1) is 0 Å². The fourth-order valence-electron chi connectivity index (χ4n) is 2.53. The Balaban J connectivity index is 2.06. The minimum absolute atomic E-state index is 0.209. The van der Waals surface area contributed by atoms with Crippen molar-refractivity contribution in [3.8, 4) is 0 Å². The largest absolute Gasteiger partial charge is 0.321 e. The van der Waals surface area contributed by atoms with Gasteiger partial charge in [-0.05, 0) is 12.8 Å². The second-order valence-corrected chi connectivity index (χ2v) is 4.83. The maximum Gasteiger partial charge on any atom is 0.252 e. The van der Waals surface area contributed by atoms with Crippen LogP contribution in [0.15, 0.2) is 12.4 Å². The van der Waals surface area contributed by atoms with Crippen molar-refractivity contribution in [2.45, 2.75) is 44.6 Å². The summed E-state index contributed by atoms with van der Waals surface area (Å²) in [7, 11) is 0. The Hall–Kier alpha value is -1.49. The van der Waals surface area contributed by atoms with Crippen LogP contribution in [0.1, 0.15) is 44.0 Å². The first kappa shape index (κ1) is 10.7. The average molecular weight is 231 g/mol. The van der Waals surface area contributed by atoms with Gasteiger partial charge in [-0.25, -0.2) is 9.50 Å². The molecule has 0 bridgehead atoms. The van der Waals surface area contributed by atoms with Crippen LogP contribution in [0.25, 0.3) is 5.78 Å². The molecule has 0 saturated heterocycles. The highest BCUT2D eigenvalue weighted by atomic mass is 15.3. The highest BCUT2D eigenvalue weighted by Crippen LogP contribution is 2.35. The molecule has 17 heavy (non-hydrogen) atoms. The predicted octanol–water partition coefficient (Wildman–Crippen LogP) is 1.41. The Kier molecular flexibility index (Phi) is 2.36. The van der Waals surface area contributed by atoms with Gasteiger partial charge in [0, 0.05) is 29.9 Å². The molecular formula is C12H17N5. The van der Waals surface area contributed by atoms with Gasteiger partial charge in [0.15, 0.2) is 5.82 Å². The zero-order valence-corrected chi connectivity index (χ0v) is 10.1. The highest BCUT2D eigenvalue weighted by Gasteiger charge is 2.32. The van der Waals surface area contributed by atoms with Gasteiger partial charge < -0.3 is 5.73 Å². The Bertz CT molecular complexity index is 539. The lowest BCUT2D eigenvalue weighted by atomic mass is 9.92. The third-order valence-electron chi connectivity index (χ3n) is 3.62. The van der Waals surface area contributed by atoms with Crippen molar-refractivity contribution >= 4 is 5.78 Å². The van der Waals surface area contributed by atoms with Crippen molar-refractivity contribution in [1.29, 1.82) is 0 Å². The van der Waals surface area contributed by atoms with Gasteiger partial charge >= 0.3 is 0 Å². The number of hydrogen-bond donors (Lipinski definition) is 1. The van der Waals surface area contributed by atoms with Crippen LogP contribution < -0.4 is 5.73 Å². The van der Waals surface area contributed by atoms with E-state index in [1.54, 1.807) is 4.52 Å². The molecule has 0 radical (unpaired) electrons. The zero-order valence-electron chi connectivity index (χ0n) is 10.1. The average Bonchev–Trinajstić information content (AvgIpc) is 2.94. The molecule has 0 atom stereocenters. The SMILES string of the molecule is CCc1nc2ncc(C3(N)CCCC3)cn2n1. The Morgan fingerprint density at radius 3 is 2.88 bits per heavy atom. The molecule has 0 spiro atoms. The van der Waals surface area contributed by atoms with Crippen molar-refractivity contribution in [1.82, 2.24) is 19.6 Å². The van der Waals surface area contributed by atoms with Crippen LogP contribution in [-0.4, -0.2) is 19.6 Å². The quantitative estimate of drug-likeness (QED) is 0.848. The van der Waals surface area contributed by atoms with E-state index in [1.165, 1.54) is 12.8 Å². The Morgan fingerprint density at radius 2 is 2.18 bits per heavy atom. The number of hydrogen-bond acceptors (Lipinski definition) is 4. The number of nitrogens with zero attached hydrogens (tertiary/aromatic N) is 4. The molecule has 3 rings (SSSR count). The van der Waals surface area contributed by atoms with Crippen molar-refractivity contribution < 1.29 is 0 Å². The second-order valence-electron chi connectivity index (χ2n) is 4.83. The predicted molar refractivity (Wildman–Crippen MR) is 64.5 cm³/mol. The molecule has 1 fully saturated rings. The van der Waals surface area contributed by atoms with Gasteiger partial charge in [0.1, 0.15) is 0 Å².